The van der Waals surface area contributed by atoms with Gasteiger partial charge in [-0.05, 0) is 45.7 Å². The Bertz CT molecular complexity index is 238. The molecule has 2 fully saturated rings. The predicted molar refractivity (Wildman–Crippen MR) is 73.3 cm³/mol. The molecule has 0 bridgehead atoms. The average Bonchev–Trinajstić information content (AvgIpc) is 2.64. The largest absolute Gasteiger partial charge is 0.316 e. The lowest BCUT2D eigenvalue weighted by Crippen LogP contribution is -2.54. The molecule has 0 amide bonds. The van der Waals surface area contributed by atoms with E-state index in [0.717, 1.165) is 11.8 Å². The summed E-state index contributed by atoms with van der Waals surface area (Å²) >= 11 is 0. The van der Waals surface area contributed by atoms with Gasteiger partial charge in [0.25, 0.3) is 0 Å². The van der Waals surface area contributed by atoms with Crippen molar-refractivity contribution >= 4 is 0 Å². The molecule has 2 rings (SSSR count). The van der Waals surface area contributed by atoms with Gasteiger partial charge < -0.3 is 10.2 Å². The first kappa shape index (κ1) is 13.3. The molecule has 0 aromatic carbocycles. The van der Waals surface area contributed by atoms with Gasteiger partial charge in [-0.1, -0.05) is 6.92 Å². The van der Waals surface area contributed by atoms with E-state index in [1.165, 1.54) is 45.8 Å². The van der Waals surface area contributed by atoms with Crippen molar-refractivity contribution in [1.29, 1.82) is 0 Å². The van der Waals surface area contributed by atoms with Crippen LogP contribution in [0.4, 0.5) is 0 Å². The van der Waals surface area contributed by atoms with E-state index in [1.807, 2.05) is 0 Å². The van der Waals surface area contributed by atoms with Crippen molar-refractivity contribution in [2.75, 3.05) is 45.8 Å². The summed E-state index contributed by atoms with van der Waals surface area (Å²) in [6, 6.07) is 0. The van der Waals surface area contributed by atoms with Crippen molar-refractivity contribution in [3.8, 4) is 0 Å². The fourth-order valence-corrected chi connectivity index (χ4v) is 3.04. The highest BCUT2D eigenvalue weighted by atomic mass is 15.3. The van der Waals surface area contributed by atoms with Crippen LogP contribution in [0.2, 0.25) is 0 Å². The molecule has 2 saturated heterocycles. The summed E-state index contributed by atoms with van der Waals surface area (Å²) in [5.74, 6) is 1.73. The number of hydrogen-bond donors (Lipinski definition) is 1. The predicted octanol–water partition coefficient (Wildman–Crippen LogP) is 1.26. The highest BCUT2D eigenvalue weighted by molar-refractivity contribution is 4.85. The molecule has 2 aliphatic heterocycles. The molecule has 0 radical (unpaired) electrons. The van der Waals surface area contributed by atoms with Crippen molar-refractivity contribution < 1.29 is 0 Å². The molecule has 0 saturated carbocycles. The lowest BCUT2D eigenvalue weighted by molar-refractivity contribution is 0.0540. The second kappa shape index (κ2) is 5.25. The van der Waals surface area contributed by atoms with E-state index in [2.05, 4.69) is 42.8 Å². The van der Waals surface area contributed by atoms with E-state index in [0.29, 0.717) is 5.54 Å². The van der Waals surface area contributed by atoms with Crippen molar-refractivity contribution in [2.24, 2.45) is 11.8 Å². The van der Waals surface area contributed by atoms with Crippen LogP contribution < -0.4 is 5.32 Å². The van der Waals surface area contributed by atoms with Crippen LogP contribution in [0.15, 0.2) is 0 Å². The van der Waals surface area contributed by atoms with Gasteiger partial charge in [-0.25, -0.2) is 0 Å². The van der Waals surface area contributed by atoms with Gasteiger partial charge in [0.1, 0.15) is 0 Å². The van der Waals surface area contributed by atoms with Gasteiger partial charge in [-0.3, -0.25) is 4.90 Å². The molecule has 3 heteroatoms. The lowest BCUT2D eigenvalue weighted by atomic mass is 9.97. The van der Waals surface area contributed by atoms with Crippen molar-refractivity contribution in [1.82, 2.24) is 15.1 Å². The van der Waals surface area contributed by atoms with E-state index >= 15 is 0 Å². The molecule has 0 spiro atoms. The standard InChI is InChI=1S/C14H29N3/c1-12-9-15-10-13(12)11-16-5-7-17(8-6-16)14(2,3)4/h12-13,15H,5-11H2,1-4H3. The number of rotatable bonds is 2. The maximum atomic E-state index is 3.51. The summed E-state index contributed by atoms with van der Waals surface area (Å²) in [6.45, 7) is 18.1. The van der Waals surface area contributed by atoms with Crippen LogP contribution in [0.1, 0.15) is 27.7 Å². The normalized spacial score (nSPS) is 33.2. The molecule has 0 aliphatic carbocycles. The van der Waals surface area contributed by atoms with E-state index in [1.54, 1.807) is 0 Å². The van der Waals surface area contributed by atoms with Crippen LogP contribution >= 0.6 is 0 Å². The minimum absolute atomic E-state index is 0.342. The topological polar surface area (TPSA) is 18.5 Å². The van der Waals surface area contributed by atoms with Crippen molar-refractivity contribution in [3.05, 3.63) is 0 Å². The van der Waals surface area contributed by atoms with Crippen molar-refractivity contribution in [2.45, 2.75) is 33.2 Å². The van der Waals surface area contributed by atoms with Gasteiger partial charge in [0.2, 0.25) is 0 Å². The average molecular weight is 239 g/mol. The minimum Gasteiger partial charge on any atom is -0.316 e. The molecule has 17 heavy (non-hydrogen) atoms. The summed E-state index contributed by atoms with van der Waals surface area (Å²) in [4.78, 5) is 5.27. The third-order valence-corrected chi connectivity index (χ3v) is 4.49. The first-order valence-corrected chi connectivity index (χ1v) is 7.15. The monoisotopic (exact) mass is 239 g/mol. The fourth-order valence-electron chi connectivity index (χ4n) is 3.04. The Morgan fingerprint density at radius 1 is 1.06 bits per heavy atom. The zero-order valence-corrected chi connectivity index (χ0v) is 12.0. The minimum atomic E-state index is 0.342. The Hall–Kier alpha value is -0.120. The molecule has 2 aliphatic rings. The summed E-state index contributed by atoms with van der Waals surface area (Å²) in [5, 5.41) is 3.51. The second-order valence-corrected chi connectivity index (χ2v) is 6.85. The molecule has 100 valence electrons. The van der Waals surface area contributed by atoms with Crippen LogP contribution in [-0.4, -0.2) is 61.2 Å². The molecule has 0 aromatic heterocycles. The number of nitrogens with zero attached hydrogens (tertiary/aromatic N) is 2. The molecule has 1 N–H and O–H groups in total. The summed E-state index contributed by atoms with van der Waals surface area (Å²) in [5.41, 5.74) is 0.342. The van der Waals surface area contributed by atoms with E-state index in [9.17, 15) is 0 Å². The smallest absolute Gasteiger partial charge is 0.0126 e. The van der Waals surface area contributed by atoms with Gasteiger partial charge >= 0.3 is 0 Å². The fraction of sp³-hybridized carbons (Fsp3) is 1.00. The van der Waals surface area contributed by atoms with Crippen LogP contribution in [0.25, 0.3) is 0 Å². The van der Waals surface area contributed by atoms with Gasteiger partial charge in [-0.15, -0.1) is 0 Å². The molecule has 0 aromatic rings. The van der Waals surface area contributed by atoms with Gasteiger partial charge in [0.15, 0.2) is 0 Å². The summed E-state index contributed by atoms with van der Waals surface area (Å²) < 4.78 is 0. The van der Waals surface area contributed by atoms with E-state index < -0.39 is 0 Å². The molecule has 2 heterocycles. The maximum absolute atomic E-state index is 3.51. The van der Waals surface area contributed by atoms with E-state index in [4.69, 9.17) is 0 Å². The Morgan fingerprint density at radius 3 is 2.18 bits per heavy atom. The van der Waals surface area contributed by atoms with Crippen LogP contribution in [0.3, 0.4) is 0 Å². The molecular formula is C14H29N3. The molecular weight excluding hydrogens is 210 g/mol. The quantitative estimate of drug-likeness (QED) is 0.782. The van der Waals surface area contributed by atoms with Crippen LogP contribution in [-0.2, 0) is 0 Å². The maximum Gasteiger partial charge on any atom is 0.0126 e. The highest BCUT2D eigenvalue weighted by Gasteiger charge is 2.29. The first-order valence-electron chi connectivity index (χ1n) is 7.15. The Labute approximate surface area is 107 Å². The molecule has 2 unspecified atom stereocenters. The summed E-state index contributed by atoms with van der Waals surface area (Å²) in [7, 11) is 0. The zero-order chi connectivity index (χ0) is 12.5. The third kappa shape index (κ3) is 3.43. The number of nitrogens with one attached hydrogen (secondary N) is 1. The van der Waals surface area contributed by atoms with E-state index in [-0.39, 0.29) is 0 Å². The molecule has 2 atom stereocenters. The first-order chi connectivity index (χ1) is 7.97. The van der Waals surface area contributed by atoms with Crippen LogP contribution in [0.5, 0.6) is 0 Å². The highest BCUT2D eigenvalue weighted by Crippen LogP contribution is 2.20. The number of piperazine rings is 1. The summed E-state index contributed by atoms with van der Waals surface area (Å²) in [6.07, 6.45) is 0. The SMILES string of the molecule is CC1CNCC1CN1CCN(C(C)(C)C)CC1. The Kier molecular flexibility index (Phi) is 4.11. The molecule has 3 nitrogen and oxygen atoms in total. The van der Waals surface area contributed by atoms with Gasteiger partial charge in [-0.2, -0.15) is 0 Å². The third-order valence-electron chi connectivity index (χ3n) is 4.49. The van der Waals surface area contributed by atoms with Crippen molar-refractivity contribution in [3.63, 3.8) is 0 Å². The van der Waals surface area contributed by atoms with Gasteiger partial charge in [0, 0.05) is 38.3 Å². The lowest BCUT2D eigenvalue weighted by Gasteiger charge is -2.43. The zero-order valence-electron chi connectivity index (χ0n) is 12.0. The second-order valence-electron chi connectivity index (χ2n) is 6.85. The number of hydrogen-bond acceptors (Lipinski definition) is 3. The Balaban J connectivity index is 1.76. The van der Waals surface area contributed by atoms with Crippen LogP contribution in [0, 0.1) is 11.8 Å². The Morgan fingerprint density at radius 2 is 1.71 bits per heavy atom. The van der Waals surface area contributed by atoms with Gasteiger partial charge in [0.05, 0.1) is 0 Å².